The molecule has 0 atom stereocenters. The van der Waals surface area contributed by atoms with Gasteiger partial charge in [0.05, 0.1) is 10.2 Å². The lowest BCUT2D eigenvalue weighted by molar-refractivity contribution is 0.502. The number of hydrogen-bond donors (Lipinski definition) is 1. The van der Waals surface area contributed by atoms with E-state index in [-0.39, 0.29) is 15.7 Å². The summed E-state index contributed by atoms with van der Waals surface area (Å²) in [7, 11) is 0. The number of nitrogens with zero attached hydrogens (tertiary/aromatic N) is 1. The van der Waals surface area contributed by atoms with Gasteiger partial charge in [-0.25, -0.2) is 8.78 Å². The molecule has 0 saturated carbocycles. The molecule has 84 valence electrons. The third kappa shape index (κ3) is 2.76. The van der Waals surface area contributed by atoms with Crippen LogP contribution in [0.4, 0.5) is 8.78 Å². The van der Waals surface area contributed by atoms with Crippen LogP contribution in [-0.2, 0) is 0 Å². The molecule has 0 aliphatic carbocycles. The van der Waals surface area contributed by atoms with Crippen molar-refractivity contribution in [3.05, 3.63) is 52.7 Å². The molecule has 0 radical (unpaired) electrons. The molecule has 0 fully saturated rings. The van der Waals surface area contributed by atoms with Crippen molar-refractivity contribution in [1.29, 1.82) is 0 Å². The van der Waals surface area contributed by atoms with Crippen LogP contribution in [0.5, 0.6) is 0 Å². The van der Waals surface area contributed by atoms with Gasteiger partial charge in [0.2, 0.25) is 0 Å². The highest BCUT2D eigenvalue weighted by molar-refractivity contribution is 9.10. The SMILES string of the molecule is C=C(N=C/C=C\N)c1ccc(Br)c(F)c1F. The highest BCUT2D eigenvalue weighted by Crippen LogP contribution is 2.25. The van der Waals surface area contributed by atoms with E-state index >= 15 is 0 Å². The Balaban J connectivity index is 3.06. The number of halogens is 3. The number of aliphatic imine (C=N–C) groups is 1. The fourth-order valence-electron chi connectivity index (χ4n) is 1.00. The maximum atomic E-state index is 13.4. The minimum absolute atomic E-state index is 0.0161. The molecule has 0 heterocycles. The molecule has 0 bridgehead atoms. The molecule has 2 nitrogen and oxygen atoms in total. The highest BCUT2D eigenvalue weighted by Gasteiger charge is 2.13. The van der Waals surface area contributed by atoms with Crippen LogP contribution in [0.15, 0.2) is 40.5 Å². The summed E-state index contributed by atoms with van der Waals surface area (Å²) in [4.78, 5) is 3.81. The second-order valence-electron chi connectivity index (χ2n) is 2.83. The first-order valence-electron chi connectivity index (χ1n) is 4.31. The van der Waals surface area contributed by atoms with Crippen molar-refractivity contribution in [2.75, 3.05) is 0 Å². The number of benzene rings is 1. The summed E-state index contributed by atoms with van der Waals surface area (Å²) in [6, 6.07) is 2.79. The summed E-state index contributed by atoms with van der Waals surface area (Å²) >= 11 is 2.88. The van der Waals surface area contributed by atoms with E-state index in [2.05, 4.69) is 27.5 Å². The van der Waals surface area contributed by atoms with E-state index in [4.69, 9.17) is 5.73 Å². The molecule has 0 aliphatic heterocycles. The number of hydrogen-bond acceptors (Lipinski definition) is 2. The van der Waals surface area contributed by atoms with Crippen LogP contribution < -0.4 is 5.73 Å². The standard InChI is InChI=1S/C11H9BrF2N2/c1-7(16-6-2-5-15)8-3-4-9(12)11(14)10(8)13/h2-6H,1,15H2/b5-2-,16-6?. The fraction of sp³-hybridized carbons (Fsp3) is 0. The van der Waals surface area contributed by atoms with Crippen molar-refractivity contribution in [3.8, 4) is 0 Å². The van der Waals surface area contributed by atoms with Gasteiger partial charge in [-0.1, -0.05) is 6.58 Å². The quantitative estimate of drug-likeness (QED) is 0.672. The summed E-state index contributed by atoms with van der Waals surface area (Å²) in [5.41, 5.74) is 5.23. The van der Waals surface area contributed by atoms with Gasteiger partial charge >= 0.3 is 0 Å². The molecule has 5 heteroatoms. The number of rotatable bonds is 3. The van der Waals surface area contributed by atoms with Crippen molar-refractivity contribution in [2.45, 2.75) is 0 Å². The molecule has 1 aromatic carbocycles. The van der Waals surface area contributed by atoms with Crippen molar-refractivity contribution in [3.63, 3.8) is 0 Å². The summed E-state index contributed by atoms with van der Waals surface area (Å²) in [6.07, 6.45) is 4.08. The van der Waals surface area contributed by atoms with Crippen LogP contribution in [0.25, 0.3) is 5.70 Å². The van der Waals surface area contributed by atoms with Crippen LogP contribution in [0.1, 0.15) is 5.56 Å². The van der Waals surface area contributed by atoms with Gasteiger partial charge in [0, 0.05) is 11.8 Å². The summed E-state index contributed by atoms with van der Waals surface area (Å²) in [6.45, 7) is 3.53. The maximum Gasteiger partial charge on any atom is 0.173 e. The molecule has 16 heavy (non-hydrogen) atoms. The first-order chi connectivity index (χ1) is 7.57. The molecular weight excluding hydrogens is 278 g/mol. The van der Waals surface area contributed by atoms with Gasteiger partial charge in [-0.05, 0) is 40.3 Å². The second-order valence-corrected chi connectivity index (χ2v) is 3.69. The monoisotopic (exact) mass is 286 g/mol. The molecule has 1 rings (SSSR count). The Morgan fingerprint density at radius 2 is 2.06 bits per heavy atom. The number of allylic oxidation sites excluding steroid dienone is 1. The molecule has 0 aliphatic rings. The first-order valence-corrected chi connectivity index (χ1v) is 5.11. The van der Waals surface area contributed by atoms with E-state index in [1.807, 2.05) is 0 Å². The zero-order valence-electron chi connectivity index (χ0n) is 8.25. The summed E-state index contributed by atoms with van der Waals surface area (Å²) in [5, 5.41) is 0. The van der Waals surface area contributed by atoms with E-state index in [0.717, 1.165) is 0 Å². The fourth-order valence-corrected chi connectivity index (χ4v) is 1.31. The van der Waals surface area contributed by atoms with Crippen LogP contribution >= 0.6 is 15.9 Å². The third-order valence-electron chi connectivity index (χ3n) is 1.77. The Morgan fingerprint density at radius 1 is 1.38 bits per heavy atom. The van der Waals surface area contributed by atoms with Gasteiger partial charge in [0.25, 0.3) is 0 Å². The minimum Gasteiger partial charge on any atom is -0.405 e. The van der Waals surface area contributed by atoms with Crippen LogP contribution in [0.2, 0.25) is 0 Å². The van der Waals surface area contributed by atoms with E-state index < -0.39 is 11.6 Å². The topological polar surface area (TPSA) is 38.4 Å². The Morgan fingerprint density at radius 3 is 2.69 bits per heavy atom. The van der Waals surface area contributed by atoms with Gasteiger partial charge in [0.15, 0.2) is 11.6 Å². The summed E-state index contributed by atoms with van der Waals surface area (Å²) in [5.74, 6) is -1.93. The lowest BCUT2D eigenvalue weighted by Crippen LogP contribution is -1.93. The highest BCUT2D eigenvalue weighted by atomic mass is 79.9. The van der Waals surface area contributed by atoms with Crippen LogP contribution in [0.3, 0.4) is 0 Å². The van der Waals surface area contributed by atoms with Gasteiger partial charge in [-0.15, -0.1) is 0 Å². The zero-order chi connectivity index (χ0) is 12.1. The van der Waals surface area contributed by atoms with Crippen LogP contribution in [-0.4, -0.2) is 6.21 Å². The summed E-state index contributed by atoms with van der Waals surface area (Å²) < 4.78 is 26.7. The molecule has 2 N–H and O–H groups in total. The van der Waals surface area contributed by atoms with Crippen molar-refractivity contribution < 1.29 is 8.78 Å². The minimum atomic E-state index is -0.978. The van der Waals surface area contributed by atoms with Crippen molar-refractivity contribution in [1.82, 2.24) is 0 Å². The van der Waals surface area contributed by atoms with Gasteiger partial charge in [-0.2, -0.15) is 0 Å². The largest absolute Gasteiger partial charge is 0.405 e. The Hall–Kier alpha value is -1.49. The lowest BCUT2D eigenvalue weighted by Gasteiger charge is -2.03. The van der Waals surface area contributed by atoms with Gasteiger partial charge < -0.3 is 5.73 Å². The molecular formula is C11H9BrF2N2. The molecule has 1 aromatic rings. The second kappa shape index (κ2) is 5.55. The first kappa shape index (κ1) is 12.6. The molecule has 0 amide bonds. The Labute approximate surface area is 100 Å². The average Bonchev–Trinajstić information content (AvgIpc) is 2.26. The van der Waals surface area contributed by atoms with Crippen molar-refractivity contribution in [2.24, 2.45) is 10.7 Å². The van der Waals surface area contributed by atoms with E-state index in [1.54, 1.807) is 0 Å². The number of nitrogens with two attached hydrogens (primary N) is 1. The zero-order valence-corrected chi connectivity index (χ0v) is 9.84. The normalized spacial score (nSPS) is 11.4. The Bertz CT molecular complexity index is 467. The van der Waals surface area contributed by atoms with E-state index in [9.17, 15) is 8.78 Å². The maximum absolute atomic E-state index is 13.4. The smallest absolute Gasteiger partial charge is 0.173 e. The Kier molecular flexibility index (Phi) is 4.37. The molecule has 0 saturated heterocycles. The molecule has 0 spiro atoms. The molecule has 0 aromatic heterocycles. The predicted molar refractivity (Wildman–Crippen MR) is 64.9 cm³/mol. The third-order valence-corrected chi connectivity index (χ3v) is 2.39. The van der Waals surface area contributed by atoms with Crippen LogP contribution in [0, 0.1) is 11.6 Å². The van der Waals surface area contributed by atoms with E-state index in [0.29, 0.717) is 0 Å². The van der Waals surface area contributed by atoms with Crippen molar-refractivity contribution >= 4 is 27.8 Å². The van der Waals surface area contributed by atoms with Gasteiger partial charge in [-0.3, -0.25) is 4.99 Å². The molecule has 0 unspecified atom stereocenters. The lowest BCUT2D eigenvalue weighted by atomic mass is 10.1. The van der Waals surface area contributed by atoms with E-state index in [1.165, 1.54) is 30.6 Å². The average molecular weight is 287 g/mol. The van der Waals surface area contributed by atoms with Gasteiger partial charge in [0.1, 0.15) is 0 Å². The predicted octanol–water partition coefficient (Wildman–Crippen LogP) is 3.24.